The zero-order chi connectivity index (χ0) is 13.8. The Hall–Kier alpha value is -1.62. The van der Waals surface area contributed by atoms with E-state index in [1.165, 1.54) is 12.1 Å². The second kappa shape index (κ2) is 6.02. The molecular weight excluding hydrogens is 249 g/mol. The molecule has 104 valence electrons. The van der Waals surface area contributed by atoms with Crippen molar-refractivity contribution >= 4 is 11.7 Å². The largest absolute Gasteiger partial charge is 0.478 e. The smallest absolute Gasteiger partial charge is 0.335 e. The first-order valence-corrected chi connectivity index (χ1v) is 6.51. The van der Waals surface area contributed by atoms with Crippen LogP contribution in [0.5, 0.6) is 0 Å². The zero-order valence-corrected chi connectivity index (χ0v) is 10.6. The first-order valence-electron chi connectivity index (χ1n) is 6.51. The molecular formula is C14H18FNO3. The first-order chi connectivity index (χ1) is 9.06. The van der Waals surface area contributed by atoms with Crippen LogP contribution in [-0.4, -0.2) is 28.8 Å². The van der Waals surface area contributed by atoms with Gasteiger partial charge in [0.25, 0.3) is 0 Å². The van der Waals surface area contributed by atoms with E-state index in [1.807, 2.05) is 0 Å². The lowest BCUT2D eigenvalue weighted by atomic mass is 9.87. The van der Waals surface area contributed by atoms with E-state index in [4.69, 9.17) is 5.11 Å². The molecule has 0 spiro atoms. The Morgan fingerprint density at radius 2 is 2.21 bits per heavy atom. The van der Waals surface area contributed by atoms with Crippen molar-refractivity contribution in [3.8, 4) is 0 Å². The van der Waals surface area contributed by atoms with Gasteiger partial charge in [0, 0.05) is 6.54 Å². The van der Waals surface area contributed by atoms with E-state index in [1.54, 1.807) is 0 Å². The van der Waals surface area contributed by atoms with Crippen LogP contribution in [0.25, 0.3) is 0 Å². The van der Waals surface area contributed by atoms with Gasteiger partial charge in [-0.25, -0.2) is 9.18 Å². The molecule has 3 N–H and O–H groups in total. The number of nitrogens with one attached hydrogen (secondary N) is 1. The second-order valence-corrected chi connectivity index (χ2v) is 5.07. The van der Waals surface area contributed by atoms with Crippen LogP contribution in [0.15, 0.2) is 18.2 Å². The van der Waals surface area contributed by atoms with E-state index >= 15 is 0 Å². The van der Waals surface area contributed by atoms with Crippen molar-refractivity contribution in [1.82, 2.24) is 0 Å². The fraction of sp³-hybridized carbons (Fsp3) is 0.500. The van der Waals surface area contributed by atoms with Crippen LogP contribution in [0.1, 0.15) is 36.0 Å². The molecule has 1 aromatic rings. The molecule has 19 heavy (non-hydrogen) atoms. The Balaban J connectivity index is 1.94. The Bertz CT molecular complexity index is 464. The molecule has 1 aliphatic carbocycles. The monoisotopic (exact) mass is 267 g/mol. The summed E-state index contributed by atoms with van der Waals surface area (Å²) < 4.78 is 13.7. The van der Waals surface area contributed by atoms with Crippen LogP contribution in [0.3, 0.4) is 0 Å². The lowest BCUT2D eigenvalue weighted by Crippen LogP contribution is -2.25. The minimum atomic E-state index is -1.14. The third-order valence-electron chi connectivity index (χ3n) is 3.55. The van der Waals surface area contributed by atoms with E-state index in [2.05, 4.69) is 5.32 Å². The van der Waals surface area contributed by atoms with Crippen molar-refractivity contribution in [2.75, 3.05) is 11.9 Å². The maximum Gasteiger partial charge on any atom is 0.335 e. The minimum absolute atomic E-state index is 0.0591. The Morgan fingerprint density at radius 1 is 1.42 bits per heavy atom. The number of rotatable bonds is 4. The Labute approximate surface area is 111 Å². The van der Waals surface area contributed by atoms with Gasteiger partial charge in [0.2, 0.25) is 0 Å². The highest BCUT2D eigenvalue weighted by atomic mass is 19.1. The lowest BCUT2D eigenvalue weighted by Gasteiger charge is -2.26. The van der Waals surface area contributed by atoms with Gasteiger partial charge in [-0.1, -0.05) is 6.42 Å². The molecule has 0 saturated heterocycles. The molecule has 1 aliphatic rings. The van der Waals surface area contributed by atoms with Crippen molar-refractivity contribution in [1.29, 1.82) is 0 Å². The maximum absolute atomic E-state index is 13.7. The van der Waals surface area contributed by atoms with Gasteiger partial charge in [-0.15, -0.1) is 0 Å². The van der Waals surface area contributed by atoms with Crippen molar-refractivity contribution in [2.24, 2.45) is 5.92 Å². The summed E-state index contributed by atoms with van der Waals surface area (Å²) >= 11 is 0. The normalized spacial score (nSPS) is 23.1. The first kappa shape index (κ1) is 13.8. The number of halogens is 1. The Kier molecular flexibility index (Phi) is 4.37. The molecule has 1 aromatic carbocycles. The fourth-order valence-corrected chi connectivity index (χ4v) is 2.49. The van der Waals surface area contributed by atoms with Crippen LogP contribution < -0.4 is 5.32 Å². The SMILES string of the molecule is O=C(O)c1ccc(NCC2CCCC(O)C2)c(F)c1. The number of aromatic carboxylic acids is 1. The maximum atomic E-state index is 13.7. The van der Waals surface area contributed by atoms with Gasteiger partial charge in [0.1, 0.15) is 5.82 Å². The molecule has 4 nitrogen and oxygen atoms in total. The summed E-state index contributed by atoms with van der Waals surface area (Å²) in [6.07, 6.45) is 3.35. The number of anilines is 1. The molecule has 2 rings (SSSR count). The fourth-order valence-electron chi connectivity index (χ4n) is 2.49. The summed E-state index contributed by atoms with van der Waals surface area (Å²) in [4.78, 5) is 10.7. The van der Waals surface area contributed by atoms with Crippen LogP contribution in [-0.2, 0) is 0 Å². The number of aliphatic hydroxyl groups excluding tert-OH is 1. The number of carboxylic acid groups (broad SMARTS) is 1. The van der Waals surface area contributed by atoms with Gasteiger partial charge < -0.3 is 15.5 Å². The van der Waals surface area contributed by atoms with Crippen LogP contribution >= 0.6 is 0 Å². The predicted molar refractivity (Wildman–Crippen MR) is 69.8 cm³/mol. The van der Waals surface area contributed by atoms with Crippen LogP contribution in [0, 0.1) is 11.7 Å². The van der Waals surface area contributed by atoms with Crippen LogP contribution in [0.4, 0.5) is 10.1 Å². The molecule has 0 bridgehead atoms. The summed E-state index contributed by atoms with van der Waals surface area (Å²) in [6, 6.07) is 3.84. The number of benzene rings is 1. The third kappa shape index (κ3) is 3.67. The van der Waals surface area contributed by atoms with Gasteiger partial charge in [-0.05, 0) is 43.4 Å². The number of hydrogen-bond donors (Lipinski definition) is 3. The van der Waals surface area contributed by atoms with E-state index in [0.717, 1.165) is 31.7 Å². The summed E-state index contributed by atoms with van der Waals surface area (Å²) in [7, 11) is 0. The highest BCUT2D eigenvalue weighted by Gasteiger charge is 2.20. The molecule has 1 saturated carbocycles. The highest BCUT2D eigenvalue weighted by molar-refractivity contribution is 5.88. The molecule has 0 amide bonds. The van der Waals surface area contributed by atoms with Crippen molar-refractivity contribution in [2.45, 2.75) is 31.8 Å². The van der Waals surface area contributed by atoms with Gasteiger partial charge in [-0.2, -0.15) is 0 Å². The molecule has 1 fully saturated rings. The number of carboxylic acids is 1. The quantitative estimate of drug-likeness (QED) is 0.784. The lowest BCUT2D eigenvalue weighted by molar-refractivity contribution is 0.0696. The molecule has 0 aliphatic heterocycles. The van der Waals surface area contributed by atoms with E-state index in [-0.39, 0.29) is 11.7 Å². The summed E-state index contributed by atoms with van der Waals surface area (Å²) in [5.74, 6) is -1.36. The molecule has 0 heterocycles. The number of aliphatic hydroxyl groups is 1. The summed E-state index contributed by atoms with van der Waals surface area (Å²) in [6.45, 7) is 0.598. The second-order valence-electron chi connectivity index (χ2n) is 5.07. The highest BCUT2D eigenvalue weighted by Crippen LogP contribution is 2.25. The van der Waals surface area contributed by atoms with Gasteiger partial charge in [-0.3, -0.25) is 0 Å². The average Bonchev–Trinajstić information content (AvgIpc) is 2.37. The zero-order valence-electron chi connectivity index (χ0n) is 10.6. The van der Waals surface area contributed by atoms with E-state index in [0.29, 0.717) is 18.2 Å². The standard InChI is InChI=1S/C14H18FNO3/c15-12-7-10(14(18)19)4-5-13(12)16-8-9-2-1-3-11(17)6-9/h4-5,7,9,11,16-17H,1-3,6,8H2,(H,18,19). The molecule has 5 heteroatoms. The summed E-state index contributed by atoms with van der Waals surface area (Å²) in [5.41, 5.74) is 0.251. The van der Waals surface area contributed by atoms with E-state index < -0.39 is 11.8 Å². The van der Waals surface area contributed by atoms with Crippen molar-refractivity contribution < 1.29 is 19.4 Å². The average molecular weight is 267 g/mol. The van der Waals surface area contributed by atoms with Gasteiger partial charge in [0.05, 0.1) is 17.4 Å². The van der Waals surface area contributed by atoms with Crippen molar-refractivity contribution in [3.05, 3.63) is 29.6 Å². The van der Waals surface area contributed by atoms with Crippen molar-refractivity contribution in [3.63, 3.8) is 0 Å². The predicted octanol–water partition coefficient (Wildman–Crippen LogP) is 2.49. The number of carbonyl (C=O) groups is 1. The number of hydrogen-bond acceptors (Lipinski definition) is 3. The molecule has 0 radical (unpaired) electrons. The van der Waals surface area contributed by atoms with E-state index in [9.17, 15) is 14.3 Å². The minimum Gasteiger partial charge on any atom is -0.478 e. The molecule has 2 unspecified atom stereocenters. The van der Waals surface area contributed by atoms with Gasteiger partial charge in [0.15, 0.2) is 0 Å². The topological polar surface area (TPSA) is 69.6 Å². The summed E-state index contributed by atoms with van der Waals surface area (Å²) in [5, 5.41) is 21.3. The van der Waals surface area contributed by atoms with Crippen LogP contribution in [0.2, 0.25) is 0 Å². The third-order valence-corrected chi connectivity index (χ3v) is 3.55. The molecule has 0 aromatic heterocycles. The Morgan fingerprint density at radius 3 is 2.84 bits per heavy atom. The van der Waals surface area contributed by atoms with Gasteiger partial charge >= 0.3 is 5.97 Å². The molecule has 2 atom stereocenters.